The Balaban J connectivity index is 1.54. The van der Waals surface area contributed by atoms with Crippen LogP contribution in [0.15, 0.2) is 18.2 Å². The number of carbonyl (C=O) groups is 3. The standard InChI is InChI=1S/C22H23FO5S/c1-2-27-22(26)20-15(18-16(23)7-4-8-17(18)29-20)11-28-21(25)14-9-12-5-3-6-13(10-14)19(12)24/h4,7-8,12-14H,2-3,5-6,9-11H2,1H3/t12-,13+,14?. The van der Waals surface area contributed by atoms with Gasteiger partial charge in [0.1, 0.15) is 23.1 Å². The van der Waals surface area contributed by atoms with Crippen LogP contribution in [-0.2, 0) is 25.7 Å². The summed E-state index contributed by atoms with van der Waals surface area (Å²) in [6.45, 7) is 1.72. The highest BCUT2D eigenvalue weighted by molar-refractivity contribution is 7.21. The Kier molecular flexibility index (Phi) is 5.67. The van der Waals surface area contributed by atoms with Crippen LogP contribution in [0, 0.1) is 23.6 Å². The van der Waals surface area contributed by atoms with Crippen LogP contribution in [0.2, 0.25) is 0 Å². The minimum Gasteiger partial charge on any atom is -0.462 e. The SMILES string of the molecule is CCOC(=O)c1sc2cccc(F)c2c1COC(=O)C1C[C@H]2CCC[C@@H](C1)C2=O. The van der Waals surface area contributed by atoms with Crippen molar-refractivity contribution < 1.29 is 28.2 Å². The summed E-state index contributed by atoms with van der Waals surface area (Å²) in [4.78, 5) is 37.6. The Morgan fingerprint density at radius 3 is 2.59 bits per heavy atom. The molecular weight excluding hydrogens is 395 g/mol. The lowest BCUT2D eigenvalue weighted by atomic mass is 9.67. The minimum absolute atomic E-state index is 0.0467. The largest absolute Gasteiger partial charge is 0.462 e. The van der Waals surface area contributed by atoms with Gasteiger partial charge in [-0.1, -0.05) is 12.5 Å². The van der Waals surface area contributed by atoms with E-state index in [0.717, 1.165) is 30.6 Å². The van der Waals surface area contributed by atoms with Crippen molar-refractivity contribution in [3.05, 3.63) is 34.5 Å². The van der Waals surface area contributed by atoms with Crippen LogP contribution in [0.4, 0.5) is 4.39 Å². The van der Waals surface area contributed by atoms with E-state index < -0.39 is 11.8 Å². The maximum Gasteiger partial charge on any atom is 0.348 e. The van der Waals surface area contributed by atoms with Crippen molar-refractivity contribution in [2.24, 2.45) is 17.8 Å². The van der Waals surface area contributed by atoms with Crippen LogP contribution in [0.25, 0.3) is 10.1 Å². The van der Waals surface area contributed by atoms with Crippen molar-refractivity contribution in [3.63, 3.8) is 0 Å². The molecule has 2 aliphatic carbocycles. The Morgan fingerprint density at radius 1 is 1.17 bits per heavy atom. The summed E-state index contributed by atoms with van der Waals surface area (Å²) in [7, 11) is 0. The van der Waals surface area contributed by atoms with E-state index in [1.807, 2.05) is 0 Å². The van der Waals surface area contributed by atoms with Crippen molar-refractivity contribution in [2.45, 2.75) is 45.6 Å². The van der Waals surface area contributed by atoms with E-state index in [0.29, 0.717) is 28.5 Å². The lowest BCUT2D eigenvalue weighted by Gasteiger charge is -2.36. The fraction of sp³-hybridized carbons (Fsp3) is 0.500. The fourth-order valence-electron chi connectivity index (χ4n) is 4.60. The number of benzene rings is 1. The van der Waals surface area contributed by atoms with E-state index in [4.69, 9.17) is 9.47 Å². The van der Waals surface area contributed by atoms with Crippen molar-refractivity contribution in [3.8, 4) is 0 Å². The normalized spacial score (nSPS) is 23.8. The summed E-state index contributed by atoms with van der Waals surface area (Å²) in [5, 5.41) is 0.295. The van der Waals surface area contributed by atoms with E-state index in [1.165, 1.54) is 6.07 Å². The number of thiophene rings is 1. The number of ketones is 1. The average Bonchev–Trinajstić information content (AvgIpc) is 3.06. The monoisotopic (exact) mass is 418 g/mol. The van der Waals surface area contributed by atoms with Crippen molar-refractivity contribution in [1.82, 2.24) is 0 Å². The maximum atomic E-state index is 14.5. The molecule has 0 aliphatic heterocycles. The van der Waals surface area contributed by atoms with E-state index in [9.17, 15) is 18.8 Å². The first-order valence-electron chi connectivity index (χ1n) is 10.1. The van der Waals surface area contributed by atoms with Gasteiger partial charge in [-0.05, 0) is 44.7 Å². The molecule has 2 aliphatic rings. The number of halogens is 1. The zero-order valence-electron chi connectivity index (χ0n) is 16.2. The van der Waals surface area contributed by atoms with Crippen molar-refractivity contribution >= 4 is 39.1 Å². The van der Waals surface area contributed by atoms with Gasteiger partial charge >= 0.3 is 11.9 Å². The number of hydrogen-bond acceptors (Lipinski definition) is 6. The minimum atomic E-state index is -0.544. The molecule has 3 atom stereocenters. The number of Topliss-reactive ketones (excluding diaryl/α,β-unsaturated/α-hetero) is 1. The third-order valence-electron chi connectivity index (χ3n) is 5.96. The Morgan fingerprint density at radius 2 is 1.90 bits per heavy atom. The number of hydrogen-bond donors (Lipinski definition) is 0. The zero-order chi connectivity index (χ0) is 20.5. The second-order valence-corrected chi connectivity index (χ2v) is 8.80. The maximum absolute atomic E-state index is 14.5. The number of ether oxygens (including phenoxy) is 2. The molecule has 1 aromatic carbocycles. The van der Waals surface area contributed by atoms with Crippen LogP contribution in [0.1, 0.15) is 54.3 Å². The molecule has 1 unspecified atom stereocenters. The van der Waals surface area contributed by atoms with Gasteiger partial charge in [0.2, 0.25) is 0 Å². The van der Waals surface area contributed by atoms with Gasteiger partial charge in [0.25, 0.3) is 0 Å². The Labute approximate surface area is 172 Å². The van der Waals surface area contributed by atoms with Gasteiger partial charge in [0.05, 0.1) is 12.5 Å². The highest BCUT2D eigenvalue weighted by Crippen LogP contribution is 2.41. The van der Waals surface area contributed by atoms with Gasteiger partial charge in [-0.3, -0.25) is 9.59 Å². The Hall–Kier alpha value is -2.28. The topological polar surface area (TPSA) is 69.7 Å². The predicted octanol–water partition coefficient (Wildman–Crippen LogP) is 4.66. The third kappa shape index (κ3) is 3.80. The summed E-state index contributed by atoms with van der Waals surface area (Å²) in [6.07, 6.45) is 3.76. The molecule has 7 heteroatoms. The quantitative estimate of drug-likeness (QED) is 0.661. The van der Waals surface area contributed by atoms with E-state index in [1.54, 1.807) is 19.1 Å². The van der Waals surface area contributed by atoms with Gasteiger partial charge in [-0.25, -0.2) is 9.18 Å². The molecule has 0 saturated heterocycles. The van der Waals surface area contributed by atoms with Gasteiger partial charge in [0, 0.05) is 27.5 Å². The van der Waals surface area contributed by atoms with Gasteiger partial charge in [-0.15, -0.1) is 11.3 Å². The molecule has 1 heterocycles. The van der Waals surface area contributed by atoms with Crippen molar-refractivity contribution in [2.75, 3.05) is 6.61 Å². The number of rotatable bonds is 5. The molecular formula is C22H23FO5S. The summed E-state index contributed by atoms with van der Waals surface area (Å²) in [5.41, 5.74) is 0.349. The molecule has 5 nitrogen and oxygen atoms in total. The first kappa shape index (κ1) is 20.0. The van der Waals surface area contributed by atoms with Crippen LogP contribution < -0.4 is 0 Å². The molecule has 29 heavy (non-hydrogen) atoms. The van der Waals surface area contributed by atoms with Crippen LogP contribution in [0.5, 0.6) is 0 Å². The van der Waals surface area contributed by atoms with Crippen LogP contribution in [0.3, 0.4) is 0 Å². The summed E-state index contributed by atoms with van der Waals surface area (Å²) in [5.74, 6) is -1.50. The molecule has 1 aromatic heterocycles. The third-order valence-corrected chi connectivity index (χ3v) is 7.14. The molecule has 0 spiro atoms. The second kappa shape index (κ2) is 8.22. The average molecular weight is 418 g/mol. The highest BCUT2D eigenvalue weighted by Gasteiger charge is 2.42. The predicted molar refractivity (Wildman–Crippen MR) is 106 cm³/mol. The van der Waals surface area contributed by atoms with Gasteiger partial charge in [-0.2, -0.15) is 0 Å². The number of fused-ring (bicyclic) bond motifs is 3. The first-order valence-corrected chi connectivity index (χ1v) is 10.9. The highest BCUT2D eigenvalue weighted by atomic mass is 32.1. The summed E-state index contributed by atoms with van der Waals surface area (Å²) < 4.78 is 25.7. The van der Waals surface area contributed by atoms with E-state index >= 15 is 0 Å². The van der Waals surface area contributed by atoms with Crippen LogP contribution in [-0.4, -0.2) is 24.3 Å². The number of carbonyl (C=O) groups excluding carboxylic acids is 3. The zero-order valence-corrected chi connectivity index (χ0v) is 17.1. The molecule has 0 amide bonds. The molecule has 2 fully saturated rings. The summed E-state index contributed by atoms with van der Waals surface area (Å²) in [6, 6.07) is 4.63. The van der Waals surface area contributed by atoms with Gasteiger partial charge < -0.3 is 9.47 Å². The Bertz CT molecular complexity index is 950. The number of esters is 2. The lowest BCUT2D eigenvalue weighted by molar-refractivity contribution is -0.154. The molecule has 2 aromatic rings. The summed E-state index contributed by atoms with van der Waals surface area (Å²) >= 11 is 1.14. The molecule has 0 N–H and O–H groups in total. The van der Waals surface area contributed by atoms with Crippen molar-refractivity contribution in [1.29, 1.82) is 0 Å². The first-order chi connectivity index (χ1) is 14.0. The van der Waals surface area contributed by atoms with Crippen LogP contribution >= 0.6 is 11.3 Å². The molecule has 0 radical (unpaired) electrons. The fourth-order valence-corrected chi connectivity index (χ4v) is 5.72. The van der Waals surface area contributed by atoms with Gasteiger partial charge in [0.15, 0.2) is 0 Å². The molecule has 2 bridgehead atoms. The molecule has 154 valence electrons. The van der Waals surface area contributed by atoms with E-state index in [-0.39, 0.29) is 47.6 Å². The second-order valence-electron chi connectivity index (χ2n) is 7.75. The lowest BCUT2D eigenvalue weighted by Crippen LogP contribution is -2.39. The van der Waals surface area contributed by atoms with E-state index in [2.05, 4.69) is 0 Å². The molecule has 4 rings (SSSR count). The smallest absolute Gasteiger partial charge is 0.348 e. The molecule has 2 saturated carbocycles.